The summed E-state index contributed by atoms with van der Waals surface area (Å²) in [5, 5.41) is 16.2. The van der Waals surface area contributed by atoms with E-state index >= 15 is 0 Å². The van der Waals surface area contributed by atoms with Gasteiger partial charge in [-0.3, -0.25) is 4.99 Å². The van der Waals surface area contributed by atoms with Crippen LogP contribution in [0.5, 0.6) is 0 Å². The van der Waals surface area contributed by atoms with Crippen LogP contribution in [0, 0.1) is 5.92 Å². The van der Waals surface area contributed by atoms with Crippen molar-refractivity contribution in [2.45, 2.75) is 38.8 Å². The van der Waals surface area contributed by atoms with Crippen molar-refractivity contribution in [2.24, 2.45) is 10.9 Å². The van der Waals surface area contributed by atoms with Gasteiger partial charge >= 0.3 is 0 Å². The molecule has 0 bridgehead atoms. The maximum Gasteiger partial charge on any atom is 0.191 e. The largest absolute Gasteiger partial charge is 0.389 e. The lowest BCUT2D eigenvalue weighted by atomic mass is 10.3. The van der Waals surface area contributed by atoms with Gasteiger partial charge in [0, 0.05) is 26.3 Å². The molecule has 0 radical (unpaired) electrons. The Morgan fingerprint density at radius 3 is 2.75 bits per heavy atom. The zero-order valence-electron chi connectivity index (χ0n) is 12.9. The lowest BCUT2D eigenvalue weighted by molar-refractivity contribution is 0.0368. The van der Waals surface area contributed by atoms with Gasteiger partial charge in [0.05, 0.1) is 25.9 Å². The molecule has 1 fully saturated rings. The third-order valence-corrected chi connectivity index (χ3v) is 2.96. The van der Waals surface area contributed by atoms with Crippen LogP contribution in [0.1, 0.15) is 26.7 Å². The van der Waals surface area contributed by atoms with Gasteiger partial charge in [-0.2, -0.15) is 0 Å². The first-order chi connectivity index (χ1) is 9.65. The summed E-state index contributed by atoms with van der Waals surface area (Å²) in [5.74, 6) is 1.41. The van der Waals surface area contributed by atoms with E-state index in [4.69, 9.17) is 9.47 Å². The Morgan fingerprint density at radius 1 is 1.40 bits per heavy atom. The molecule has 0 aromatic carbocycles. The lowest BCUT2D eigenvalue weighted by Crippen LogP contribution is -2.44. The van der Waals surface area contributed by atoms with E-state index in [9.17, 15) is 5.11 Å². The molecule has 1 aliphatic rings. The molecule has 2 atom stereocenters. The molecule has 20 heavy (non-hydrogen) atoms. The summed E-state index contributed by atoms with van der Waals surface area (Å²) in [6.45, 7) is 6.87. The highest BCUT2D eigenvalue weighted by Crippen LogP contribution is 2.28. The van der Waals surface area contributed by atoms with Crippen LogP contribution in [0.3, 0.4) is 0 Å². The highest BCUT2D eigenvalue weighted by molar-refractivity contribution is 5.80. The molecule has 0 aromatic rings. The highest BCUT2D eigenvalue weighted by Gasteiger charge is 2.21. The number of hydrogen-bond donors (Lipinski definition) is 3. The van der Waals surface area contributed by atoms with Gasteiger partial charge in [0.25, 0.3) is 0 Å². The van der Waals surface area contributed by atoms with Crippen LogP contribution in [0.15, 0.2) is 4.99 Å². The first kappa shape index (κ1) is 17.2. The number of guanidine groups is 1. The zero-order chi connectivity index (χ0) is 14.8. The average Bonchev–Trinajstić information content (AvgIpc) is 3.20. The smallest absolute Gasteiger partial charge is 0.191 e. The summed E-state index contributed by atoms with van der Waals surface area (Å²) in [5.41, 5.74) is 0. The molecule has 0 heterocycles. The molecule has 2 unspecified atom stereocenters. The number of hydrogen-bond acceptors (Lipinski definition) is 4. The summed E-state index contributed by atoms with van der Waals surface area (Å²) in [6, 6.07) is 0.168. The van der Waals surface area contributed by atoms with E-state index in [0.717, 1.165) is 19.1 Å². The quantitative estimate of drug-likeness (QED) is 0.400. The zero-order valence-corrected chi connectivity index (χ0v) is 12.9. The number of nitrogens with one attached hydrogen (secondary N) is 2. The second-order valence-corrected chi connectivity index (χ2v) is 5.36. The molecule has 1 rings (SSSR count). The lowest BCUT2D eigenvalue weighted by Gasteiger charge is -2.17. The fraction of sp³-hybridized carbons (Fsp3) is 0.929. The van der Waals surface area contributed by atoms with Crippen LogP contribution < -0.4 is 10.6 Å². The third-order valence-electron chi connectivity index (χ3n) is 2.96. The van der Waals surface area contributed by atoms with Crippen LogP contribution >= 0.6 is 0 Å². The fourth-order valence-corrected chi connectivity index (χ4v) is 1.75. The van der Waals surface area contributed by atoms with Gasteiger partial charge < -0.3 is 25.2 Å². The molecule has 0 aliphatic heterocycles. The molecule has 1 aliphatic carbocycles. The van der Waals surface area contributed by atoms with Crippen molar-refractivity contribution in [1.29, 1.82) is 0 Å². The molecule has 3 N–H and O–H groups in total. The number of nitrogens with zero attached hydrogens (tertiary/aromatic N) is 1. The minimum Gasteiger partial charge on any atom is -0.389 e. The first-order valence-corrected chi connectivity index (χ1v) is 7.45. The Hall–Kier alpha value is -0.850. The molecule has 118 valence electrons. The van der Waals surface area contributed by atoms with Gasteiger partial charge in [-0.25, -0.2) is 0 Å². The summed E-state index contributed by atoms with van der Waals surface area (Å²) in [7, 11) is 1.67. The molecule has 0 saturated heterocycles. The van der Waals surface area contributed by atoms with E-state index in [1.165, 1.54) is 12.8 Å². The Kier molecular flexibility index (Phi) is 8.57. The number of methoxy groups -OCH3 is 1. The number of aliphatic imine (C=N–C) groups is 1. The van der Waals surface area contributed by atoms with Gasteiger partial charge in [-0.15, -0.1) is 0 Å². The predicted molar refractivity (Wildman–Crippen MR) is 80.0 cm³/mol. The van der Waals surface area contributed by atoms with Crippen molar-refractivity contribution in [3.63, 3.8) is 0 Å². The Balaban J connectivity index is 2.24. The summed E-state index contributed by atoms with van der Waals surface area (Å²) in [4.78, 5) is 4.36. The van der Waals surface area contributed by atoms with Crippen molar-refractivity contribution in [3.8, 4) is 0 Å². The minimum absolute atomic E-state index is 0.168. The standard InChI is InChI=1S/C14H29N3O3/c1-4-15-14(17-11(2)8-19-3)16-7-13(18)10-20-9-12-5-6-12/h11-13,18H,4-10H2,1-3H3,(H2,15,16,17). The van der Waals surface area contributed by atoms with Crippen LogP contribution in [-0.2, 0) is 9.47 Å². The van der Waals surface area contributed by atoms with E-state index in [0.29, 0.717) is 25.7 Å². The van der Waals surface area contributed by atoms with E-state index in [1.54, 1.807) is 7.11 Å². The van der Waals surface area contributed by atoms with E-state index in [-0.39, 0.29) is 6.04 Å². The van der Waals surface area contributed by atoms with E-state index in [2.05, 4.69) is 15.6 Å². The van der Waals surface area contributed by atoms with Gasteiger partial charge in [0.2, 0.25) is 0 Å². The average molecular weight is 287 g/mol. The molecule has 1 saturated carbocycles. The summed E-state index contributed by atoms with van der Waals surface area (Å²) < 4.78 is 10.5. The van der Waals surface area contributed by atoms with Gasteiger partial charge in [0.15, 0.2) is 5.96 Å². The number of aliphatic hydroxyl groups excluding tert-OH is 1. The maximum absolute atomic E-state index is 9.82. The van der Waals surface area contributed by atoms with Crippen molar-refractivity contribution < 1.29 is 14.6 Å². The highest BCUT2D eigenvalue weighted by atomic mass is 16.5. The SMILES string of the molecule is CCNC(=NCC(O)COCC1CC1)NC(C)COC. The van der Waals surface area contributed by atoms with Gasteiger partial charge in [-0.1, -0.05) is 0 Å². The summed E-state index contributed by atoms with van der Waals surface area (Å²) >= 11 is 0. The Morgan fingerprint density at radius 2 is 2.15 bits per heavy atom. The van der Waals surface area contributed by atoms with Crippen molar-refractivity contribution >= 4 is 5.96 Å². The molecule has 0 spiro atoms. The van der Waals surface area contributed by atoms with Crippen LogP contribution in [0.25, 0.3) is 0 Å². The Labute approximate surface area is 121 Å². The third kappa shape index (κ3) is 8.35. The van der Waals surface area contributed by atoms with E-state index < -0.39 is 6.10 Å². The monoisotopic (exact) mass is 287 g/mol. The fourth-order valence-electron chi connectivity index (χ4n) is 1.75. The number of aliphatic hydroxyl groups is 1. The Bertz CT molecular complexity index is 283. The molecule has 0 amide bonds. The molecular formula is C14H29N3O3. The van der Waals surface area contributed by atoms with Gasteiger partial charge in [-0.05, 0) is 32.6 Å². The number of rotatable bonds is 10. The summed E-state index contributed by atoms with van der Waals surface area (Å²) in [6.07, 6.45) is 1.97. The minimum atomic E-state index is -0.554. The van der Waals surface area contributed by atoms with Crippen molar-refractivity contribution in [1.82, 2.24) is 10.6 Å². The second-order valence-electron chi connectivity index (χ2n) is 5.36. The molecule has 0 aromatic heterocycles. The van der Waals surface area contributed by atoms with Crippen LogP contribution in [-0.4, -0.2) is 63.2 Å². The van der Waals surface area contributed by atoms with Crippen LogP contribution in [0.2, 0.25) is 0 Å². The van der Waals surface area contributed by atoms with Crippen molar-refractivity contribution in [2.75, 3.05) is 40.0 Å². The van der Waals surface area contributed by atoms with Gasteiger partial charge in [0.1, 0.15) is 0 Å². The molecular weight excluding hydrogens is 258 g/mol. The topological polar surface area (TPSA) is 75.1 Å². The van der Waals surface area contributed by atoms with Crippen molar-refractivity contribution in [3.05, 3.63) is 0 Å². The molecule has 6 heteroatoms. The van der Waals surface area contributed by atoms with Crippen LogP contribution in [0.4, 0.5) is 0 Å². The molecule has 6 nitrogen and oxygen atoms in total. The predicted octanol–water partition coefficient (Wildman–Crippen LogP) is 0.364. The second kappa shape index (κ2) is 9.96. The maximum atomic E-state index is 9.82. The van der Waals surface area contributed by atoms with E-state index in [1.807, 2.05) is 13.8 Å². The number of ether oxygens (including phenoxy) is 2. The normalized spacial score (nSPS) is 18.7. The first-order valence-electron chi connectivity index (χ1n) is 7.45.